The van der Waals surface area contributed by atoms with Gasteiger partial charge >= 0.3 is 5.97 Å². The minimum Gasteiger partial charge on any atom is -0.481 e. The summed E-state index contributed by atoms with van der Waals surface area (Å²) in [7, 11) is 0. The highest BCUT2D eigenvalue weighted by Gasteiger charge is 2.12. The smallest absolute Gasteiger partial charge is 0.303 e. The summed E-state index contributed by atoms with van der Waals surface area (Å²) in [6, 6.07) is 0. The van der Waals surface area contributed by atoms with Crippen LogP contribution in [0.15, 0.2) is 10.8 Å². The minimum absolute atomic E-state index is 0.103. The highest BCUT2D eigenvalue weighted by Crippen LogP contribution is 2.19. The zero-order chi connectivity index (χ0) is 9.84. The molecule has 1 rings (SSSR count). The first kappa shape index (κ1) is 9.77. The number of aromatic nitrogens is 1. The van der Waals surface area contributed by atoms with Crippen LogP contribution in [0.4, 0.5) is 0 Å². The number of carbonyl (C=O) groups is 1. The van der Waals surface area contributed by atoms with E-state index < -0.39 is 5.97 Å². The Morgan fingerprint density at radius 3 is 2.92 bits per heavy atom. The van der Waals surface area contributed by atoms with Gasteiger partial charge in [0.05, 0.1) is 12.1 Å². The second-order valence-corrected chi connectivity index (χ2v) is 3.21. The van der Waals surface area contributed by atoms with Crippen LogP contribution in [0.3, 0.4) is 0 Å². The van der Waals surface area contributed by atoms with Gasteiger partial charge in [-0.25, -0.2) is 4.98 Å². The normalized spacial score (nSPS) is 10.7. The van der Waals surface area contributed by atoms with Crippen LogP contribution in [0.25, 0.3) is 0 Å². The molecule has 1 N–H and O–H groups in total. The van der Waals surface area contributed by atoms with Crippen LogP contribution >= 0.6 is 0 Å². The molecule has 0 aliphatic heterocycles. The zero-order valence-electron chi connectivity index (χ0n) is 7.78. The third-order valence-electron chi connectivity index (χ3n) is 1.77. The molecule has 0 aliphatic rings. The van der Waals surface area contributed by atoms with Gasteiger partial charge in [-0.1, -0.05) is 13.8 Å². The Labute approximate surface area is 76.6 Å². The second kappa shape index (κ2) is 4.07. The predicted molar refractivity (Wildman–Crippen MR) is 46.5 cm³/mol. The van der Waals surface area contributed by atoms with Crippen LogP contribution < -0.4 is 0 Å². The molecule has 0 aliphatic carbocycles. The molecule has 0 saturated carbocycles. The molecule has 0 spiro atoms. The topological polar surface area (TPSA) is 63.3 Å². The Balaban J connectivity index is 2.65. The molecule has 0 amide bonds. The summed E-state index contributed by atoms with van der Waals surface area (Å²) in [6.07, 6.45) is 1.91. The fourth-order valence-corrected chi connectivity index (χ4v) is 1.16. The van der Waals surface area contributed by atoms with Crippen molar-refractivity contribution in [2.45, 2.75) is 32.6 Å². The first-order chi connectivity index (χ1) is 6.11. The van der Waals surface area contributed by atoms with Gasteiger partial charge in [0.25, 0.3) is 0 Å². The summed E-state index contributed by atoms with van der Waals surface area (Å²) in [5, 5.41) is 8.48. The standard InChI is InChI=1S/C9H13NO3/c1-6(2)9-7(10-5-13-9)3-4-8(11)12/h5-6H,3-4H2,1-2H3,(H,11,12). The van der Waals surface area contributed by atoms with Gasteiger partial charge in [-0.05, 0) is 0 Å². The van der Waals surface area contributed by atoms with Gasteiger partial charge in [0.1, 0.15) is 5.76 Å². The Kier molecular flexibility index (Phi) is 3.06. The highest BCUT2D eigenvalue weighted by atomic mass is 16.4. The van der Waals surface area contributed by atoms with Crippen LogP contribution in [0.5, 0.6) is 0 Å². The lowest BCUT2D eigenvalue weighted by atomic mass is 10.1. The van der Waals surface area contributed by atoms with Gasteiger partial charge in [-0.15, -0.1) is 0 Å². The van der Waals surface area contributed by atoms with Crippen molar-refractivity contribution < 1.29 is 14.3 Å². The summed E-state index contributed by atoms with van der Waals surface area (Å²) in [5.74, 6) is 0.241. The van der Waals surface area contributed by atoms with Crippen molar-refractivity contribution in [3.05, 3.63) is 17.8 Å². The lowest BCUT2D eigenvalue weighted by Crippen LogP contribution is -2.00. The Morgan fingerprint density at radius 1 is 1.69 bits per heavy atom. The van der Waals surface area contributed by atoms with E-state index in [9.17, 15) is 4.79 Å². The average molecular weight is 183 g/mol. The van der Waals surface area contributed by atoms with E-state index in [0.717, 1.165) is 11.5 Å². The van der Waals surface area contributed by atoms with Crippen molar-refractivity contribution in [1.29, 1.82) is 0 Å². The fraction of sp³-hybridized carbons (Fsp3) is 0.556. The number of hydrogen-bond acceptors (Lipinski definition) is 3. The zero-order valence-corrected chi connectivity index (χ0v) is 7.78. The van der Waals surface area contributed by atoms with Crippen LogP contribution in [-0.2, 0) is 11.2 Å². The van der Waals surface area contributed by atoms with E-state index in [1.54, 1.807) is 0 Å². The molecule has 0 atom stereocenters. The van der Waals surface area contributed by atoms with Crippen molar-refractivity contribution in [1.82, 2.24) is 4.98 Å². The van der Waals surface area contributed by atoms with Crippen molar-refractivity contribution in [2.24, 2.45) is 0 Å². The highest BCUT2D eigenvalue weighted by molar-refractivity contribution is 5.67. The summed E-state index contributed by atoms with van der Waals surface area (Å²) in [5.41, 5.74) is 0.761. The Morgan fingerprint density at radius 2 is 2.38 bits per heavy atom. The quantitative estimate of drug-likeness (QED) is 0.773. The molecule has 4 heteroatoms. The number of aryl methyl sites for hydroxylation is 1. The van der Waals surface area contributed by atoms with E-state index in [1.165, 1.54) is 6.39 Å². The lowest BCUT2D eigenvalue weighted by Gasteiger charge is -2.01. The van der Waals surface area contributed by atoms with E-state index >= 15 is 0 Å². The van der Waals surface area contributed by atoms with E-state index in [-0.39, 0.29) is 12.3 Å². The molecule has 0 unspecified atom stereocenters. The average Bonchev–Trinajstić information content (AvgIpc) is 2.47. The molecule has 13 heavy (non-hydrogen) atoms. The number of carboxylic acid groups (broad SMARTS) is 1. The van der Waals surface area contributed by atoms with Crippen LogP contribution in [-0.4, -0.2) is 16.1 Å². The summed E-state index contributed by atoms with van der Waals surface area (Å²) in [4.78, 5) is 14.3. The van der Waals surface area contributed by atoms with Gasteiger partial charge in [-0.2, -0.15) is 0 Å². The van der Waals surface area contributed by atoms with E-state index in [2.05, 4.69) is 4.98 Å². The first-order valence-electron chi connectivity index (χ1n) is 4.25. The molecule has 1 aromatic rings. The lowest BCUT2D eigenvalue weighted by molar-refractivity contribution is -0.136. The molecular formula is C9H13NO3. The molecule has 0 radical (unpaired) electrons. The van der Waals surface area contributed by atoms with E-state index in [0.29, 0.717) is 6.42 Å². The minimum atomic E-state index is -0.808. The summed E-state index contributed by atoms with van der Waals surface area (Å²) >= 11 is 0. The second-order valence-electron chi connectivity index (χ2n) is 3.21. The van der Waals surface area contributed by atoms with Crippen molar-refractivity contribution in [3.8, 4) is 0 Å². The molecule has 72 valence electrons. The maximum absolute atomic E-state index is 10.3. The van der Waals surface area contributed by atoms with Gasteiger partial charge in [-0.3, -0.25) is 4.79 Å². The molecular weight excluding hydrogens is 170 g/mol. The summed E-state index contributed by atoms with van der Waals surface area (Å²) < 4.78 is 5.15. The Hall–Kier alpha value is -1.32. The van der Waals surface area contributed by atoms with Crippen LogP contribution in [0.1, 0.15) is 37.6 Å². The molecule has 4 nitrogen and oxygen atoms in total. The SMILES string of the molecule is CC(C)c1ocnc1CCC(=O)O. The van der Waals surface area contributed by atoms with Gasteiger partial charge in [0.2, 0.25) is 0 Å². The van der Waals surface area contributed by atoms with Crippen LogP contribution in [0, 0.1) is 0 Å². The molecule has 0 fully saturated rings. The maximum Gasteiger partial charge on any atom is 0.303 e. The van der Waals surface area contributed by atoms with E-state index in [4.69, 9.17) is 9.52 Å². The molecule has 0 bridgehead atoms. The predicted octanol–water partition coefficient (Wildman–Crippen LogP) is 1.82. The van der Waals surface area contributed by atoms with Crippen molar-refractivity contribution >= 4 is 5.97 Å². The molecule has 1 heterocycles. The molecule has 0 aromatic carbocycles. The third kappa shape index (κ3) is 2.57. The number of hydrogen-bond donors (Lipinski definition) is 1. The fourth-order valence-electron chi connectivity index (χ4n) is 1.16. The van der Waals surface area contributed by atoms with E-state index in [1.807, 2.05) is 13.8 Å². The number of carboxylic acids is 1. The number of rotatable bonds is 4. The summed E-state index contributed by atoms with van der Waals surface area (Å²) in [6.45, 7) is 3.98. The van der Waals surface area contributed by atoms with Gasteiger partial charge in [0.15, 0.2) is 6.39 Å². The Bertz CT molecular complexity index is 291. The third-order valence-corrected chi connectivity index (χ3v) is 1.77. The number of aliphatic carboxylic acids is 1. The number of oxazole rings is 1. The first-order valence-corrected chi connectivity index (χ1v) is 4.25. The van der Waals surface area contributed by atoms with Crippen LogP contribution in [0.2, 0.25) is 0 Å². The van der Waals surface area contributed by atoms with Crippen molar-refractivity contribution in [2.75, 3.05) is 0 Å². The van der Waals surface area contributed by atoms with Crippen molar-refractivity contribution in [3.63, 3.8) is 0 Å². The molecule has 0 saturated heterocycles. The monoisotopic (exact) mass is 183 g/mol. The molecule has 1 aromatic heterocycles. The van der Waals surface area contributed by atoms with Gasteiger partial charge < -0.3 is 9.52 Å². The maximum atomic E-state index is 10.3. The number of nitrogens with zero attached hydrogens (tertiary/aromatic N) is 1. The van der Waals surface area contributed by atoms with Gasteiger partial charge in [0, 0.05) is 12.3 Å². The largest absolute Gasteiger partial charge is 0.481 e.